The van der Waals surface area contributed by atoms with Crippen LogP contribution in [0.3, 0.4) is 0 Å². The van der Waals surface area contributed by atoms with E-state index in [9.17, 15) is 0 Å². The number of imidazole rings is 1. The van der Waals surface area contributed by atoms with Gasteiger partial charge in [0.05, 0.1) is 12.3 Å². The number of methoxy groups -OCH3 is 1. The molecule has 1 atom stereocenters. The minimum atomic E-state index is -0.148. The first-order valence-corrected chi connectivity index (χ1v) is 10.8. The van der Waals surface area contributed by atoms with Crippen LogP contribution in [0, 0.1) is 0 Å². The van der Waals surface area contributed by atoms with Gasteiger partial charge in [0.15, 0.2) is 11.7 Å². The van der Waals surface area contributed by atoms with Gasteiger partial charge in [-0.05, 0) is 49.8 Å². The molecule has 2 heterocycles. The van der Waals surface area contributed by atoms with Gasteiger partial charge in [-0.15, -0.1) is 0 Å². The summed E-state index contributed by atoms with van der Waals surface area (Å²) in [6, 6.07) is 5.61. The molecule has 3 rings (SSSR count). The number of nitrogens with two attached hydrogens (primary N) is 1. The largest absolute Gasteiger partial charge is 0.488 e. The number of benzene rings is 1. The summed E-state index contributed by atoms with van der Waals surface area (Å²) in [5.74, 6) is 3.48. The molecule has 0 radical (unpaired) electrons. The van der Waals surface area contributed by atoms with Gasteiger partial charge in [-0.3, -0.25) is 0 Å². The van der Waals surface area contributed by atoms with Crippen LogP contribution in [-0.4, -0.2) is 49.3 Å². The van der Waals surface area contributed by atoms with Crippen LogP contribution in [0.5, 0.6) is 11.5 Å². The zero-order valence-corrected chi connectivity index (χ0v) is 19.9. The summed E-state index contributed by atoms with van der Waals surface area (Å²) in [6.07, 6.45) is 9.02. The number of aromatic amines is 1. The van der Waals surface area contributed by atoms with Crippen LogP contribution in [0.2, 0.25) is 0 Å². The molecule has 2 aromatic rings. The first-order chi connectivity index (χ1) is 16.4. The highest BCUT2D eigenvalue weighted by Crippen LogP contribution is 2.32. The number of nitrogens with zero attached hydrogens (tertiary/aromatic N) is 2. The third kappa shape index (κ3) is 6.52. The molecule has 9 nitrogen and oxygen atoms in total. The minimum absolute atomic E-state index is 0.148. The maximum absolute atomic E-state index is 6.10. The molecule has 1 unspecified atom stereocenters. The lowest BCUT2D eigenvalue weighted by atomic mass is 10.2. The number of rotatable bonds is 11. The fourth-order valence-corrected chi connectivity index (χ4v) is 3.19. The minimum Gasteiger partial charge on any atom is -0.488 e. The second-order valence-corrected chi connectivity index (χ2v) is 7.59. The molecule has 0 saturated carbocycles. The van der Waals surface area contributed by atoms with Crippen LogP contribution >= 0.6 is 0 Å². The Morgan fingerprint density at radius 2 is 2.06 bits per heavy atom. The average Bonchev–Trinajstić information content (AvgIpc) is 3.26. The Balaban J connectivity index is 1.94. The second-order valence-electron chi connectivity index (χ2n) is 7.59. The number of fused-ring (bicyclic) bond motifs is 1. The molecule has 0 fully saturated rings. The Bertz CT molecular complexity index is 1130. The molecule has 0 aliphatic carbocycles. The van der Waals surface area contributed by atoms with E-state index < -0.39 is 0 Å². The molecule has 1 aliphatic heterocycles. The normalized spacial score (nSPS) is 14.8. The second kappa shape index (κ2) is 11.8. The van der Waals surface area contributed by atoms with E-state index >= 15 is 0 Å². The van der Waals surface area contributed by atoms with Crippen LogP contribution in [0.15, 0.2) is 65.6 Å². The summed E-state index contributed by atoms with van der Waals surface area (Å²) in [5, 5.41) is 6.97. The third-order valence-corrected chi connectivity index (χ3v) is 4.82. The van der Waals surface area contributed by atoms with Gasteiger partial charge in [0, 0.05) is 25.3 Å². The van der Waals surface area contributed by atoms with Crippen molar-refractivity contribution in [2.75, 3.05) is 32.7 Å². The molecule has 1 aliphatic rings. The van der Waals surface area contributed by atoms with E-state index in [1.807, 2.05) is 44.2 Å². The predicted molar refractivity (Wildman–Crippen MR) is 135 cm³/mol. The number of H-pyrrole nitrogens is 1. The fraction of sp³-hybridized carbons (Fsp3) is 0.280. The van der Waals surface area contributed by atoms with Crippen molar-refractivity contribution in [3.63, 3.8) is 0 Å². The first-order valence-electron chi connectivity index (χ1n) is 10.8. The van der Waals surface area contributed by atoms with Crippen LogP contribution < -0.4 is 20.5 Å². The maximum atomic E-state index is 6.10. The van der Waals surface area contributed by atoms with Gasteiger partial charge in [-0.2, -0.15) is 0 Å². The highest BCUT2D eigenvalue weighted by atomic mass is 16.6. The summed E-state index contributed by atoms with van der Waals surface area (Å²) >= 11 is 0. The van der Waals surface area contributed by atoms with E-state index in [4.69, 9.17) is 24.8 Å². The molecule has 9 heteroatoms. The lowest BCUT2D eigenvalue weighted by molar-refractivity contribution is 0.0920. The zero-order chi connectivity index (χ0) is 24.5. The number of oxime groups is 1. The van der Waals surface area contributed by atoms with Crippen molar-refractivity contribution < 1.29 is 19.0 Å². The van der Waals surface area contributed by atoms with E-state index in [1.165, 1.54) is 7.11 Å². The van der Waals surface area contributed by atoms with E-state index in [1.54, 1.807) is 25.3 Å². The lowest BCUT2D eigenvalue weighted by Gasteiger charge is -2.16. The number of nitrogens with one attached hydrogen (secondary N) is 2. The monoisotopic (exact) mass is 465 g/mol. The number of anilines is 1. The summed E-state index contributed by atoms with van der Waals surface area (Å²) in [5.41, 5.74) is 8.29. The van der Waals surface area contributed by atoms with Gasteiger partial charge in [0.2, 0.25) is 0 Å². The zero-order valence-electron chi connectivity index (χ0n) is 19.9. The molecule has 0 bridgehead atoms. The van der Waals surface area contributed by atoms with Crippen molar-refractivity contribution in [1.82, 2.24) is 9.97 Å². The van der Waals surface area contributed by atoms with E-state index in [-0.39, 0.29) is 11.9 Å². The van der Waals surface area contributed by atoms with E-state index in [0.29, 0.717) is 29.7 Å². The van der Waals surface area contributed by atoms with Gasteiger partial charge in [-0.1, -0.05) is 23.9 Å². The molecule has 180 valence electrons. The van der Waals surface area contributed by atoms with Crippen LogP contribution in [0.25, 0.3) is 17.5 Å². The quantitative estimate of drug-likeness (QED) is 0.149. The standard InChI is InChI=1S/C25H31N5O4/c1-6-19(10-9-16(2)23(26)30-32-5)34-21-13-18(12-20(14-21)33-17(3)15-31-4)24-28-22-8-7-11-27-25(22)29-24/h6-10,12-14,17,27H,1,11,15H2,2-5H3,(H2,26,30)(H,28,29)/b16-9+,19-10+. The molecule has 34 heavy (non-hydrogen) atoms. The number of ether oxygens (including phenoxy) is 3. The van der Waals surface area contributed by atoms with Crippen molar-refractivity contribution in [1.29, 1.82) is 0 Å². The SMILES string of the molecule is C=C\C(=C/C=C(C)/C(N)=N/OC)Oc1cc(OC(C)COC)cc(-c2nc3c([nH]2)C=CCN3)c1. The number of amidine groups is 1. The molecule has 4 N–H and O–H groups in total. The molecular weight excluding hydrogens is 434 g/mol. The molecule has 0 saturated heterocycles. The van der Waals surface area contributed by atoms with Gasteiger partial charge in [-0.25, -0.2) is 4.98 Å². The Morgan fingerprint density at radius 3 is 2.76 bits per heavy atom. The topological polar surface area (TPSA) is 116 Å². The number of hydrogen-bond acceptors (Lipinski definition) is 7. The molecular formula is C25H31N5O4. The van der Waals surface area contributed by atoms with Crippen molar-refractivity contribution in [2.24, 2.45) is 10.9 Å². The molecule has 0 amide bonds. The molecule has 1 aromatic heterocycles. The third-order valence-electron chi connectivity index (χ3n) is 4.82. The van der Waals surface area contributed by atoms with Crippen LogP contribution in [-0.2, 0) is 9.57 Å². The number of aromatic nitrogens is 2. The summed E-state index contributed by atoms with van der Waals surface area (Å²) in [4.78, 5) is 12.7. The maximum Gasteiger partial charge on any atom is 0.165 e. The molecule has 1 aromatic carbocycles. The highest BCUT2D eigenvalue weighted by molar-refractivity contribution is 5.96. The van der Waals surface area contributed by atoms with Crippen LogP contribution in [0.1, 0.15) is 19.5 Å². The fourth-order valence-electron chi connectivity index (χ4n) is 3.19. The number of allylic oxidation sites excluding steroid dienone is 3. The Labute approximate surface area is 199 Å². The summed E-state index contributed by atoms with van der Waals surface area (Å²) in [7, 11) is 3.08. The van der Waals surface area contributed by atoms with Gasteiger partial charge >= 0.3 is 0 Å². The number of hydrogen-bond donors (Lipinski definition) is 3. The summed E-state index contributed by atoms with van der Waals surface area (Å²) in [6.45, 7) is 8.80. The van der Waals surface area contributed by atoms with E-state index in [0.717, 1.165) is 29.2 Å². The van der Waals surface area contributed by atoms with Crippen molar-refractivity contribution >= 4 is 17.7 Å². The van der Waals surface area contributed by atoms with Gasteiger partial charge in [0.1, 0.15) is 36.3 Å². The predicted octanol–water partition coefficient (Wildman–Crippen LogP) is 4.24. The van der Waals surface area contributed by atoms with Crippen molar-refractivity contribution in [3.8, 4) is 22.9 Å². The van der Waals surface area contributed by atoms with E-state index in [2.05, 4.69) is 27.0 Å². The Kier molecular flexibility index (Phi) is 8.53. The average molecular weight is 466 g/mol. The summed E-state index contributed by atoms with van der Waals surface area (Å²) < 4.78 is 17.4. The Hall–Kier alpha value is -3.98. The molecule has 0 spiro atoms. The van der Waals surface area contributed by atoms with Crippen molar-refractivity contribution in [2.45, 2.75) is 20.0 Å². The first kappa shape index (κ1) is 24.7. The smallest absolute Gasteiger partial charge is 0.165 e. The van der Waals surface area contributed by atoms with Crippen molar-refractivity contribution in [3.05, 3.63) is 66.1 Å². The highest BCUT2D eigenvalue weighted by Gasteiger charge is 2.15. The van der Waals surface area contributed by atoms with Gasteiger partial charge < -0.3 is 35.1 Å². The Morgan fingerprint density at radius 1 is 1.26 bits per heavy atom. The van der Waals surface area contributed by atoms with Crippen LogP contribution in [0.4, 0.5) is 5.82 Å². The van der Waals surface area contributed by atoms with Gasteiger partial charge in [0.25, 0.3) is 0 Å². The lowest BCUT2D eigenvalue weighted by Crippen LogP contribution is -2.18.